The number of halogens is 9. The fourth-order valence-corrected chi connectivity index (χ4v) is 1.16. The molecule has 0 heterocycles. The maximum atomic E-state index is 13.4. The number of methoxy groups -OCH3 is 1. The maximum absolute atomic E-state index is 13.4. The van der Waals surface area contributed by atoms with Gasteiger partial charge in [-0.25, -0.2) is 9.59 Å². The number of alkyl halides is 9. The summed E-state index contributed by atoms with van der Waals surface area (Å²) in [6.45, 7) is 3.77. The second kappa shape index (κ2) is 9.30. The minimum atomic E-state index is -7.14. The molecule has 0 spiro atoms. The Labute approximate surface area is 152 Å². The van der Waals surface area contributed by atoms with Gasteiger partial charge in [-0.3, -0.25) is 0 Å². The van der Waals surface area contributed by atoms with Crippen LogP contribution in [-0.2, 0) is 19.1 Å². The predicted octanol–water partition coefficient (Wildman–Crippen LogP) is 3.28. The molecule has 1 unspecified atom stereocenters. The van der Waals surface area contributed by atoms with Crippen molar-refractivity contribution in [2.24, 2.45) is 0 Å². The molecule has 0 rings (SSSR count). The summed E-state index contributed by atoms with van der Waals surface area (Å²) in [5, 5.41) is 9.11. The molecule has 0 amide bonds. The second-order valence-corrected chi connectivity index (χ2v) is 5.03. The van der Waals surface area contributed by atoms with Crippen molar-refractivity contribution >= 4 is 11.9 Å². The van der Waals surface area contributed by atoms with Crippen molar-refractivity contribution in [2.75, 3.05) is 13.7 Å². The van der Waals surface area contributed by atoms with Gasteiger partial charge in [0.15, 0.2) is 5.60 Å². The van der Waals surface area contributed by atoms with Crippen molar-refractivity contribution in [1.29, 1.82) is 0 Å². The summed E-state index contributed by atoms with van der Waals surface area (Å²) in [6, 6.07) is 0. The zero-order valence-corrected chi connectivity index (χ0v) is 14.3. The van der Waals surface area contributed by atoms with Crippen LogP contribution in [0.15, 0.2) is 25.3 Å². The lowest BCUT2D eigenvalue weighted by molar-refractivity contribution is -0.416. The lowest BCUT2D eigenvalue weighted by Gasteiger charge is -2.40. The lowest BCUT2D eigenvalue weighted by atomic mass is 9.89. The van der Waals surface area contributed by atoms with Crippen LogP contribution in [0.1, 0.15) is 6.92 Å². The summed E-state index contributed by atoms with van der Waals surface area (Å²) in [5.41, 5.74) is -4.22. The smallest absolute Gasteiger partial charge is 0.460 e. The molecule has 0 fully saturated rings. The zero-order valence-electron chi connectivity index (χ0n) is 14.3. The molecule has 0 saturated carbocycles. The molecule has 0 bridgehead atoms. The van der Waals surface area contributed by atoms with Gasteiger partial charge in [-0.05, 0) is 6.92 Å². The Morgan fingerprint density at radius 2 is 1.25 bits per heavy atom. The van der Waals surface area contributed by atoms with Gasteiger partial charge in [-0.2, -0.15) is 39.5 Å². The Kier molecular flexibility index (Phi) is 9.29. The summed E-state index contributed by atoms with van der Waals surface area (Å²) < 4.78 is 122. The first kappa shape index (κ1) is 28.0. The van der Waals surface area contributed by atoms with E-state index < -0.39 is 48.1 Å². The molecule has 0 aromatic heterocycles. The zero-order chi connectivity index (χ0) is 23.2. The van der Waals surface area contributed by atoms with Crippen LogP contribution in [0.2, 0.25) is 0 Å². The Hall–Kier alpha value is -2.25. The summed E-state index contributed by atoms with van der Waals surface area (Å²) >= 11 is 0. The van der Waals surface area contributed by atoms with Gasteiger partial charge in [0.25, 0.3) is 0 Å². The number of hydrogen-bond donors (Lipinski definition) is 1. The average molecular weight is 434 g/mol. The molecule has 0 aliphatic rings. The number of esters is 2. The Balaban J connectivity index is 0. The highest BCUT2D eigenvalue weighted by Gasteiger charge is 2.85. The van der Waals surface area contributed by atoms with Crippen LogP contribution in [-0.4, -0.2) is 60.3 Å². The van der Waals surface area contributed by atoms with E-state index in [0.717, 1.165) is 6.08 Å². The van der Waals surface area contributed by atoms with Crippen LogP contribution >= 0.6 is 0 Å². The normalized spacial score (nSPS) is 14.7. The standard InChI is InChI=1S/C10H9F9O3.C4H6O2/c1-3-5(20)22-4-6(2,21)7(11,12)8(13,14)9(15,16)10(17,18)19;1-3-4(5)6-2/h3,21H,1,4H2,2H3;3H,1H2,2H3. The molecular weight excluding hydrogens is 419 g/mol. The molecule has 0 saturated heterocycles. The lowest BCUT2D eigenvalue weighted by Crippen LogP contribution is -2.68. The van der Waals surface area contributed by atoms with Gasteiger partial charge >= 0.3 is 35.9 Å². The summed E-state index contributed by atoms with van der Waals surface area (Å²) in [4.78, 5) is 20.4. The van der Waals surface area contributed by atoms with Gasteiger partial charge in [0.1, 0.15) is 6.61 Å². The molecule has 28 heavy (non-hydrogen) atoms. The van der Waals surface area contributed by atoms with E-state index in [1.165, 1.54) is 7.11 Å². The molecule has 14 heteroatoms. The van der Waals surface area contributed by atoms with Crippen molar-refractivity contribution in [3.63, 3.8) is 0 Å². The van der Waals surface area contributed by atoms with Crippen molar-refractivity contribution in [2.45, 2.75) is 36.5 Å². The third-order valence-corrected chi connectivity index (χ3v) is 2.85. The molecular formula is C14H15F9O5. The molecule has 0 aliphatic carbocycles. The highest BCUT2D eigenvalue weighted by atomic mass is 19.4. The van der Waals surface area contributed by atoms with E-state index in [1.54, 1.807) is 0 Å². The molecule has 1 N–H and O–H groups in total. The predicted molar refractivity (Wildman–Crippen MR) is 74.9 cm³/mol. The van der Waals surface area contributed by atoms with Gasteiger partial charge in [-0.15, -0.1) is 0 Å². The van der Waals surface area contributed by atoms with Crippen LogP contribution in [0.3, 0.4) is 0 Å². The second-order valence-electron chi connectivity index (χ2n) is 5.03. The summed E-state index contributed by atoms with van der Waals surface area (Å²) in [5.74, 6) is -22.3. The fourth-order valence-electron chi connectivity index (χ4n) is 1.16. The van der Waals surface area contributed by atoms with Crippen molar-refractivity contribution < 1.29 is 63.7 Å². The highest BCUT2D eigenvalue weighted by molar-refractivity contribution is 5.81. The first-order valence-corrected chi connectivity index (χ1v) is 6.69. The van der Waals surface area contributed by atoms with Crippen LogP contribution in [0.4, 0.5) is 39.5 Å². The Morgan fingerprint density at radius 3 is 1.50 bits per heavy atom. The number of carbonyl (C=O) groups excluding carboxylic acids is 2. The fraction of sp³-hybridized carbons (Fsp3) is 0.571. The largest absolute Gasteiger partial charge is 0.466 e. The van der Waals surface area contributed by atoms with Crippen molar-refractivity contribution in [3.05, 3.63) is 25.3 Å². The maximum Gasteiger partial charge on any atom is 0.460 e. The monoisotopic (exact) mass is 434 g/mol. The van der Waals surface area contributed by atoms with Crippen LogP contribution in [0.5, 0.6) is 0 Å². The highest BCUT2D eigenvalue weighted by Crippen LogP contribution is 2.56. The molecule has 0 radical (unpaired) electrons. The number of carbonyl (C=O) groups is 2. The molecule has 0 aromatic carbocycles. The van der Waals surface area contributed by atoms with E-state index in [4.69, 9.17) is 5.11 Å². The number of ether oxygens (including phenoxy) is 2. The summed E-state index contributed by atoms with van der Waals surface area (Å²) in [6.07, 6.45) is -5.54. The van der Waals surface area contributed by atoms with E-state index in [2.05, 4.69) is 22.6 Å². The molecule has 0 aliphatic heterocycles. The van der Waals surface area contributed by atoms with Gasteiger partial charge in [0.2, 0.25) is 0 Å². The molecule has 1 atom stereocenters. The molecule has 164 valence electrons. The van der Waals surface area contributed by atoms with Crippen LogP contribution < -0.4 is 0 Å². The van der Waals surface area contributed by atoms with Crippen LogP contribution in [0.25, 0.3) is 0 Å². The van der Waals surface area contributed by atoms with Crippen molar-refractivity contribution in [1.82, 2.24) is 0 Å². The number of rotatable bonds is 7. The van der Waals surface area contributed by atoms with E-state index in [0.29, 0.717) is 6.08 Å². The minimum Gasteiger partial charge on any atom is -0.466 e. The Morgan fingerprint density at radius 1 is 0.857 bits per heavy atom. The molecule has 0 aromatic rings. The third-order valence-electron chi connectivity index (χ3n) is 2.85. The number of hydrogen-bond acceptors (Lipinski definition) is 5. The van der Waals surface area contributed by atoms with E-state index >= 15 is 0 Å². The van der Waals surface area contributed by atoms with E-state index in [1.807, 2.05) is 0 Å². The quantitative estimate of drug-likeness (QED) is 0.378. The SMILES string of the molecule is C=CC(=O)OC.C=CC(=O)OCC(C)(O)C(F)(F)C(F)(F)C(F)(F)C(F)(F)F. The number of aliphatic hydroxyl groups is 1. The summed E-state index contributed by atoms with van der Waals surface area (Å²) in [7, 11) is 1.31. The van der Waals surface area contributed by atoms with E-state index in [9.17, 15) is 49.1 Å². The first-order chi connectivity index (χ1) is 12.3. The van der Waals surface area contributed by atoms with Crippen LogP contribution in [0, 0.1) is 0 Å². The molecule has 5 nitrogen and oxygen atoms in total. The van der Waals surface area contributed by atoms with Crippen molar-refractivity contribution in [3.8, 4) is 0 Å². The van der Waals surface area contributed by atoms with Gasteiger partial charge in [0.05, 0.1) is 7.11 Å². The average Bonchev–Trinajstić information content (AvgIpc) is 2.57. The van der Waals surface area contributed by atoms with Gasteiger partial charge < -0.3 is 14.6 Å². The van der Waals surface area contributed by atoms with Gasteiger partial charge in [0, 0.05) is 12.2 Å². The van der Waals surface area contributed by atoms with Gasteiger partial charge in [-0.1, -0.05) is 13.2 Å². The Bertz CT molecular complexity index is 582. The topological polar surface area (TPSA) is 72.8 Å². The first-order valence-electron chi connectivity index (χ1n) is 6.69. The minimum absolute atomic E-state index is 0.191. The van der Waals surface area contributed by atoms with E-state index in [-0.39, 0.29) is 6.92 Å². The third kappa shape index (κ3) is 5.87.